The highest BCUT2D eigenvalue weighted by Crippen LogP contribution is 2.28. The molecule has 0 spiro atoms. The summed E-state index contributed by atoms with van der Waals surface area (Å²) in [7, 11) is 2.92. The molecule has 0 aromatic rings. The monoisotopic (exact) mass is 585 g/mol. The molecule has 1 aliphatic carbocycles. The summed E-state index contributed by atoms with van der Waals surface area (Å²) in [6, 6.07) is 0. The number of primary amides is 1. The van der Waals surface area contributed by atoms with E-state index in [9.17, 15) is 24.3 Å². The van der Waals surface area contributed by atoms with Gasteiger partial charge in [0.25, 0.3) is 5.91 Å². The molecule has 1 heterocycles. The van der Waals surface area contributed by atoms with E-state index in [2.05, 4.69) is 17.2 Å². The summed E-state index contributed by atoms with van der Waals surface area (Å²) in [4.78, 5) is 51.3. The fourth-order valence-electron chi connectivity index (χ4n) is 4.95. The lowest BCUT2D eigenvalue weighted by Crippen LogP contribution is -2.37. The van der Waals surface area contributed by atoms with Crippen LogP contribution in [0.1, 0.15) is 40.5 Å². The molecule has 11 heteroatoms. The largest absolute Gasteiger partial charge is 0.439 e. The normalized spacial score (nSPS) is 31.6. The van der Waals surface area contributed by atoms with Crippen LogP contribution in [0.4, 0.5) is 4.79 Å². The standard InChI is InChI=1S/C31H43N3O8/c1-8-12-33-26-21-13-17(2)14-25(41-7)27(36)19(4)15-20(5)29(42-31(32)39)24(40-6)11-9-10-18(3)30(38)34-22(28(21)37)16-23(26)35/h8-11,15-17,19,24-25,27,29,33,36H,1,12-14H2,2-7H3,(H2,32,39)(H,34,38)/b11-9+,18-10+,20-15-/t17-,19-,24+,25+,27-,29-/m0/s1. The molecule has 0 saturated heterocycles. The Morgan fingerprint density at radius 2 is 1.90 bits per heavy atom. The van der Waals surface area contributed by atoms with E-state index in [0.717, 1.165) is 6.08 Å². The van der Waals surface area contributed by atoms with Crippen molar-refractivity contribution < 1.29 is 38.5 Å². The third kappa shape index (κ3) is 9.10. The van der Waals surface area contributed by atoms with Crippen molar-refractivity contribution in [2.45, 2.75) is 65.0 Å². The Hall–Kier alpha value is -3.80. The highest BCUT2D eigenvalue weighted by atomic mass is 16.6. The van der Waals surface area contributed by atoms with Gasteiger partial charge in [0.2, 0.25) is 11.6 Å². The maximum Gasteiger partial charge on any atom is 0.405 e. The lowest BCUT2D eigenvalue weighted by atomic mass is 9.85. The molecule has 11 nitrogen and oxygen atoms in total. The van der Waals surface area contributed by atoms with E-state index in [1.54, 1.807) is 45.1 Å². The van der Waals surface area contributed by atoms with Crippen LogP contribution in [0.15, 0.2) is 71.1 Å². The lowest BCUT2D eigenvalue weighted by Gasteiger charge is -2.30. The van der Waals surface area contributed by atoms with Crippen molar-refractivity contribution in [3.8, 4) is 0 Å². The number of carbonyl (C=O) groups excluding carboxylic acids is 4. The third-order valence-corrected chi connectivity index (χ3v) is 7.22. The van der Waals surface area contributed by atoms with Crippen molar-refractivity contribution in [2.75, 3.05) is 20.8 Å². The predicted octanol–water partition coefficient (Wildman–Crippen LogP) is 2.54. The number of aliphatic hydroxyl groups is 1. The topological polar surface area (TPSA) is 166 Å². The van der Waals surface area contributed by atoms with E-state index in [4.69, 9.17) is 19.9 Å². The fraction of sp³-hybridized carbons (Fsp3) is 0.484. The van der Waals surface area contributed by atoms with E-state index in [0.29, 0.717) is 12.0 Å². The molecule has 0 aromatic carbocycles. The van der Waals surface area contributed by atoms with Gasteiger partial charge in [-0.2, -0.15) is 0 Å². The number of nitrogens with two attached hydrogens (primary N) is 1. The molecule has 0 fully saturated rings. The first-order valence-corrected chi connectivity index (χ1v) is 13.8. The van der Waals surface area contributed by atoms with E-state index < -0.39 is 53.9 Å². The molecule has 1 aliphatic heterocycles. The second kappa shape index (κ2) is 16.0. The first-order chi connectivity index (χ1) is 19.8. The number of hydrogen-bond acceptors (Lipinski definition) is 9. The second-order valence-electron chi connectivity index (χ2n) is 10.6. The van der Waals surface area contributed by atoms with Crippen molar-refractivity contribution in [3.63, 3.8) is 0 Å². The van der Waals surface area contributed by atoms with Gasteiger partial charge in [-0.15, -0.1) is 6.58 Å². The highest BCUT2D eigenvalue weighted by Gasteiger charge is 2.33. The fourth-order valence-corrected chi connectivity index (χ4v) is 4.95. The van der Waals surface area contributed by atoms with Crippen molar-refractivity contribution >= 4 is 23.6 Å². The number of hydrogen-bond donors (Lipinski definition) is 4. The first kappa shape index (κ1) is 34.4. The molecular weight excluding hydrogens is 542 g/mol. The van der Waals surface area contributed by atoms with Gasteiger partial charge in [-0.3, -0.25) is 14.4 Å². The Kier molecular flexibility index (Phi) is 13.1. The number of fused-ring (bicyclic) bond motifs is 2. The summed E-state index contributed by atoms with van der Waals surface area (Å²) < 4.78 is 16.6. The average molecular weight is 586 g/mol. The van der Waals surface area contributed by atoms with E-state index >= 15 is 0 Å². The smallest absolute Gasteiger partial charge is 0.405 e. The Morgan fingerprint density at radius 3 is 2.50 bits per heavy atom. The zero-order chi connectivity index (χ0) is 31.6. The van der Waals surface area contributed by atoms with Crippen LogP contribution in [0.2, 0.25) is 0 Å². The van der Waals surface area contributed by atoms with Crippen LogP contribution in [0.3, 0.4) is 0 Å². The molecule has 0 radical (unpaired) electrons. The number of methoxy groups -OCH3 is 2. The van der Waals surface area contributed by atoms with Crippen LogP contribution < -0.4 is 16.4 Å². The SMILES string of the molecule is C=CCNC1=C2C[C@H](C)C[C@@H](OC)[C@@H](O)[C@@H](C)/C=C(/C)[C@H](OC(N)=O)[C@H](OC)/C=C/C=C(\C)C(=O)NC(=CC1=O)C2=O. The zero-order valence-electron chi connectivity index (χ0n) is 25.1. The Morgan fingerprint density at radius 1 is 1.21 bits per heavy atom. The number of Topliss-reactive ketones (excluding diaryl/α,β-unsaturated/α-hetero) is 1. The summed E-state index contributed by atoms with van der Waals surface area (Å²) >= 11 is 0. The average Bonchev–Trinajstić information content (AvgIpc) is 2.94. The van der Waals surface area contributed by atoms with Gasteiger partial charge in [0.15, 0.2) is 6.10 Å². The summed E-state index contributed by atoms with van der Waals surface area (Å²) in [5, 5.41) is 16.7. The van der Waals surface area contributed by atoms with Gasteiger partial charge in [0.05, 0.1) is 23.6 Å². The van der Waals surface area contributed by atoms with Crippen molar-refractivity contribution in [2.24, 2.45) is 17.6 Å². The number of allylic oxidation sites excluding steroid dienone is 4. The Balaban J connectivity index is 2.62. The predicted molar refractivity (Wildman–Crippen MR) is 158 cm³/mol. The molecule has 2 aliphatic rings. The molecule has 2 amide bonds. The Labute approximate surface area is 247 Å². The molecule has 0 unspecified atom stereocenters. The van der Waals surface area contributed by atoms with Gasteiger partial charge >= 0.3 is 6.09 Å². The molecule has 5 N–H and O–H groups in total. The highest BCUT2D eigenvalue weighted by molar-refractivity contribution is 6.23. The summed E-state index contributed by atoms with van der Waals surface area (Å²) in [5.74, 6) is -2.14. The van der Waals surface area contributed by atoms with Gasteiger partial charge in [-0.1, -0.05) is 44.2 Å². The molecule has 2 bridgehead atoms. The molecule has 2 rings (SSSR count). The molecule has 6 atom stereocenters. The maximum atomic E-state index is 13.5. The number of amides is 2. The number of ether oxygens (including phenoxy) is 3. The molecule has 0 saturated carbocycles. The van der Waals surface area contributed by atoms with Gasteiger partial charge in [0, 0.05) is 43.9 Å². The number of rotatable bonds is 6. The minimum Gasteiger partial charge on any atom is -0.439 e. The number of aliphatic hydroxyl groups excluding tert-OH is 1. The summed E-state index contributed by atoms with van der Waals surface area (Å²) in [6.45, 7) is 10.9. The van der Waals surface area contributed by atoms with Crippen LogP contribution >= 0.6 is 0 Å². The third-order valence-electron chi connectivity index (χ3n) is 7.22. The quantitative estimate of drug-likeness (QED) is 0.271. The first-order valence-electron chi connectivity index (χ1n) is 13.8. The van der Waals surface area contributed by atoms with Crippen molar-refractivity contribution in [1.82, 2.24) is 10.6 Å². The van der Waals surface area contributed by atoms with Crippen molar-refractivity contribution in [1.29, 1.82) is 0 Å². The Bertz CT molecular complexity index is 1210. The van der Waals surface area contributed by atoms with Crippen LogP contribution in [-0.2, 0) is 28.6 Å². The van der Waals surface area contributed by atoms with Crippen LogP contribution in [0.5, 0.6) is 0 Å². The van der Waals surface area contributed by atoms with Gasteiger partial charge in [-0.05, 0) is 38.2 Å². The van der Waals surface area contributed by atoms with Gasteiger partial charge in [-0.25, -0.2) is 4.79 Å². The zero-order valence-corrected chi connectivity index (χ0v) is 25.1. The summed E-state index contributed by atoms with van der Waals surface area (Å²) in [6.07, 6.45) is 5.34. The van der Waals surface area contributed by atoms with E-state index in [1.165, 1.54) is 20.3 Å². The van der Waals surface area contributed by atoms with Gasteiger partial charge < -0.3 is 35.7 Å². The van der Waals surface area contributed by atoms with Crippen LogP contribution in [0, 0.1) is 11.8 Å². The number of carbonyl (C=O) groups is 4. The van der Waals surface area contributed by atoms with Gasteiger partial charge in [0.1, 0.15) is 6.10 Å². The van der Waals surface area contributed by atoms with Crippen LogP contribution in [-0.4, -0.2) is 73.9 Å². The van der Waals surface area contributed by atoms with E-state index in [-0.39, 0.29) is 41.4 Å². The number of nitrogens with one attached hydrogen (secondary N) is 2. The molecule has 0 aromatic heterocycles. The van der Waals surface area contributed by atoms with Crippen molar-refractivity contribution in [3.05, 3.63) is 71.1 Å². The summed E-state index contributed by atoms with van der Waals surface area (Å²) in [5.41, 5.74) is 6.42. The maximum absolute atomic E-state index is 13.5. The minimum absolute atomic E-state index is 0.132. The van der Waals surface area contributed by atoms with E-state index in [1.807, 2.05) is 6.92 Å². The lowest BCUT2D eigenvalue weighted by molar-refractivity contribution is -0.120. The molecular formula is C31H43N3O8. The number of ketones is 2. The molecule has 230 valence electrons. The minimum atomic E-state index is -1.00. The van der Waals surface area contributed by atoms with Crippen LogP contribution in [0.25, 0.3) is 0 Å². The second-order valence-corrected chi connectivity index (χ2v) is 10.6. The molecule has 42 heavy (non-hydrogen) atoms.